The normalized spacial score (nSPS) is 19.6. The molecule has 1 aliphatic rings. The second kappa shape index (κ2) is 4.22. The summed E-state index contributed by atoms with van der Waals surface area (Å²) in [5, 5.41) is 7.28. The topological polar surface area (TPSA) is 56.9 Å². The van der Waals surface area contributed by atoms with Gasteiger partial charge in [-0.15, -0.1) is 0 Å². The highest BCUT2D eigenvalue weighted by Crippen LogP contribution is 2.17. The molecule has 4 nitrogen and oxygen atoms in total. The molecule has 1 atom stereocenters. The maximum Gasteiger partial charge on any atom is 0.252 e. The fourth-order valence-corrected chi connectivity index (χ4v) is 2.32. The van der Waals surface area contributed by atoms with Crippen molar-refractivity contribution in [3.63, 3.8) is 0 Å². The number of hydrogen-bond donors (Lipinski definition) is 3. The van der Waals surface area contributed by atoms with Crippen LogP contribution in [0.2, 0.25) is 0 Å². The van der Waals surface area contributed by atoms with Gasteiger partial charge in [0.15, 0.2) is 0 Å². The molecule has 4 heteroatoms. The Morgan fingerprint density at radius 2 is 2.29 bits per heavy atom. The molecular weight excluding hydrogens is 214 g/mol. The third-order valence-corrected chi connectivity index (χ3v) is 3.24. The van der Waals surface area contributed by atoms with Crippen LogP contribution in [-0.4, -0.2) is 30.0 Å². The van der Waals surface area contributed by atoms with E-state index >= 15 is 0 Å². The second-order valence-corrected chi connectivity index (χ2v) is 4.41. The number of carbonyl (C=O) groups excluding carboxylic acids is 1. The lowest BCUT2D eigenvalue weighted by atomic mass is 10.1. The van der Waals surface area contributed by atoms with E-state index in [0.29, 0.717) is 0 Å². The van der Waals surface area contributed by atoms with Crippen molar-refractivity contribution in [3.8, 4) is 0 Å². The van der Waals surface area contributed by atoms with Gasteiger partial charge in [-0.25, -0.2) is 0 Å². The highest BCUT2D eigenvalue weighted by atomic mass is 16.1. The summed E-state index contributed by atoms with van der Waals surface area (Å²) in [6.07, 6.45) is 2.87. The minimum Gasteiger partial charge on any atom is -0.361 e. The van der Waals surface area contributed by atoms with Crippen LogP contribution in [0.1, 0.15) is 16.8 Å². The predicted molar refractivity (Wildman–Crippen MR) is 67.0 cm³/mol. The van der Waals surface area contributed by atoms with Gasteiger partial charge in [0.1, 0.15) is 0 Å². The number of rotatable bonds is 2. The van der Waals surface area contributed by atoms with Crippen molar-refractivity contribution in [3.05, 3.63) is 36.0 Å². The molecule has 3 rings (SSSR count). The zero-order valence-corrected chi connectivity index (χ0v) is 9.49. The maximum atomic E-state index is 12.2. The standard InChI is InChI=1S/C13H15N3O/c17-13(16-9-4-6-14-8-9)11-2-1-3-12-10(11)5-7-15-12/h1-3,5,7,9,14-15H,4,6,8H2,(H,16,17). The molecule has 0 aliphatic carbocycles. The highest BCUT2D eigenvalue weighted by molar-refractivity contribution is 6.06. The zero-order chi connectivity index (χ0) is 11.7. The molecule has 17 heavy (non-hydrogen) atoms. The Balaban J connectivity index is 1.87. The Labute approximate surface area is 99.4 Å². The van der Waals surface area contributed by atoms with Crippen LogP contribution in [0.3, 0.4) is 0 Å². The number of hydrogen-bond acceptors (Lipinski definition) is 2. The molecule has 0 spiro atoms. The van der Waals surface area contributed by atoms with Crippen molar-refractivity contribution in [1.82, 2.24) is 15.6 Å². The van der Waals surface area contributed by atoms with Gasteiger partial charge in [0.2, 0.25) is 0 Å². The first-order chi connectivity index (χ1) is 8.34. The molecule has 0 radical (unpaired) electrons. The largest absolute Gasteiger partial charge is 0.361 e. The molecule has 1 unspecified atom stereocenters. The minimum absolute atomic E-state index is 0.0175. The van der Waals surface area contributed by atoms with Crippen molar-refractivity contribution in [2.24, 2.45) is 0 Å². The first kappa shape index (κ1) is 10.4. The number of H-pyrrole nitrogens is 1. The molecule has 1 aromatic carbocycles. The molecule has 0 saturated carbocycles. The van der Waals surface area contributed by atoms with Crippen molar-refractivity contribution < 1.29 is 4.79 Å². The third kappa shape index (κ3) is 1.91. The minimum atomic E-state index is 0.0175. The number of aromatic amines is 1. The number of nitrogens with one attached hydrogen (secondary N) is 3. The van der Waals surface area contributed by atoms with Crippen LogP contribution in [0.25, 0.3) is 10.9 Å². The molecule has 1 aliphatic heterocycles. The van der Waals surface area contributed by atoms with Crippen LogP contribution in [0.15, 0.2) is 30.5 Å². The summed E-state index contributed by atoms with van der Waals surface area (Å²) >= 11 is 0. The summed E-state index contributed by atoms with van der Waals surface area (Å²) in [5.74, 6) is 0.0175. The van der Waals surface area contributed by atoms with E-state index in [1.165, 1.54) is 0 Å². The molecule has 88 valence electrons. The van der Waals surface area contributed by atoms with Crippen LogP contribution >= 0.6 is 0 Å². The van der Waals surface area contributed by atoms with Gasteiger partial charge >= 0.3 is 0 Å². The average Bonchev–Trinajstić information content (AvgIpc) is 2.97. The summed E-state index contributed by atoms with van der Waals surface area (Å²) in [5.41, 5.74) is 1.75. The van der Waals surface area contributed by atoms with Crippen LogP contribution < -0.4 is 10.6 Å². The van der Waals surface area contributed by atoms with Gasteiger partial charge in [0, 0.05) is 35.2 Å². The van der Waals surface area contributed by atoms with Gasteiger partial charge < -0.3 is 15.6 Å². The Bertz CT molecular complexity index is 540. The second-order valence-electron chi connectivity index (χ2n) is 4.41. The number of fused-ring (bicyclic) bond motifs is 1. The molecule has 2 aromatic rings. The molecular formula is C13H15N3O. The SMILES string of the molecule is O=C(NC1CCNC1)c1cccc2[nH]ccc12. The van der Waals surface area contributed by atoms with Gasteiger partial charge in [-0.2, -0.15) is 0 Å². The van der Waals surface area contributed by atoms with Crippen molar-refractivity contribution in [2.75, 3.05) is 13.1 Å². The number of carbonyl (C=O) groups is 1. The lowest BCUT2D eigenvalue weighted by Gasteiger charge is -2.11. The summed E-state index contributed by atoms with van der Waals surface area (Å²) in [6, 6.07) is 7.95. The Kier molecular flexibility index (Phi) is 2.57. The van der Waals surface area contributed by atoms with Crippen molar-refractivity contribution in [1.29, 1.82) is 0 Å². The van der Waals surface area contributed by atoms with E-state index < -0.39 is 0 Å². The number of amides is 1. The smallest absolute Gasteiger partial charge is 0.252 e. The van der Waals surface area contributed by atoms with Crippen molar-refractivity contribution in [2.45, 2.75) is 12.5 Å². The first-order valence-corrected chi connectivity index (χ1v) is 5.92. The van der Waals surface area contributed by atoms with Gasteiger partial charge in [-0.05, 0) is 31.2 Å². The van der Waals surface area contributed by atoms with Gasteiger partial charge in [-0.1, -0.05) is 6.07 Å². The van der Waals surface area contributed by atoms with E-state index in [-0.39, 0.29) is 11.9 Å². The van der Waals surface area contributed by atoms with Crippen LogP contribution in [0.5, 0.6) is 0 Å². The lowest BCUT2D eigenvalue weighted by molar-refractivity contribution is 0.0942. The summed E-state index contributed by atoms with van der Waals surface area (Å²) in [4.78, 5) is 15.3. The van der Waals surface area contributed by atoms with E-state index in [2.05, 4.69) is 15.6 Å². The van der Waals surface area contributed by atoms with Crippen molar-refractivity contribution >= 4 is 16.8 Å². The lowest BCUT2D eigenvalue weighted by Crippen LogP contribution is -2.36. The Morgan fingerprint density at radius 1 is 1.35 bits per heavy atom. The molecule has 1 saturated heterocycles. The summed E-state index contributed by atoms with van der Waals surface area (Å²) in [6.45, 7) is 1.86. The van der Waals surface area contributed by atoms with E-state index in [9.17, 15) is 4.79 Å². The number of aromatic nitrogens is 1. The Hall–Kier alpha value is -1.81. The number of benzene rings is 1. The van der Waals surface area contributed by atoms with E-state index in [1.807, 2.05) is 30.5 Å². The highest BCUT2D eigenvalue weighted by Gasteiger charge is 2.18. The molecule has 3 N–H and O–H groups in total. The molecule has 0 bridgehead atoms. The first-order valence-electron chi connectivity index (χ1n) is 5.92. The fraction of sp³-hybridized carbons (Fsp3) is 0.308. The molecule has 1 fully saturated rings. The molecule has 2 heterocycles. The van der Waals surface area contributed by atoms with E-state index in [0.717, 1.165) is 36.0 Å². The predicted octanol–water partition coefficient (Wildman–Crippen LogP) is 1.26. The third-order valence-electron chi connectivity index (χ3n) is 3.24. The molecule has 1 aromatic heterocycles. The molecule has 1 amide bonds. The van der Waals surface area contributed by atoms with Gasteiger partial charge in [0.05, 0.1) is 0 Å². The van der Waals surface area contributed by atoms with Crippen LogP contribution in [0, 0.1) is 0 Å². The van der Waals surface area contributed by atoms with E-state index in [4.69, 9.17) is 0 Å². The quantitative estimate of drug-likeness (QED) is 0.726. The summed E-state index contributed by atoms with van der Waals surface area (Å²) < 4.78 is 0. The summed E-state index contributed by atoms with van der Waals surface area (Å²) in [7, 11) is 0. The van der Waals surface area contributed by atoms with Crippen LogP contribution in [-0.2, 0) is 0 Å². The zero-order valence-electron chi connectivity index (χ0n) is 9.49. The van der Waals surface area contributed by atoms with Gasteiger partial charge in [0.25, 0.3) is 5.91 Å². The fourth-order valence-electron chi connectivity index (χ4n) is 2.32. The van der Waals surface area contributed by atoms with Crippen LogP contribution in [0.4, 0.5) is 0 Å². The average molecular weight is 229 g/mol. The van der Waals surface area contributed by atoms with E-state index in [1.54, 1.807) is 0 Å². The monoisotopic (exact) mass is 229 g/mol. The Morgan fingerprint density at radius 3 is 3.12 bits per heavy atom. The maximum absolute atomic E-state index is 12.2. The van der Waals surface area contributed by atoms with Gasteiger partial charge in [-0.3, -0.25) is 4.79 Å².